The van der Waals surface area contributed by atoms with Crippen LogP contribution in [0.5, 0.6) is 0 Å². The van der Waals surface area contributed by atoms with Crippen molar-refractivity contribution < 1.29 is 4.79 Å². The highest BCUT2D eigenvalue weighted by atomic mass is 127. The molecule has 0 aliphatic rings. The molecule has 1 amide bonds. The van der Waals surface area contributed by atoms with Crippen LogP contribution in [0.3, 0.4) is 0 Å². The van der Waals surface area contributed by atoms with E-state index in [9.17, 15) is 4.79 Å². The van der Waals surface area contributed by atoms with Gasteiger partial charge in [0.25, 0.3) is 5.91 Å². The molecule has 1 aromatic rings. The SMILES string of the molecule is CC(C)(C)CC(Br)CNC(=O)c1ccc(I)cc1. The van der Waals surface area contributed by atoms with E-state index in [1.165, 1.54) is 0 Å². The Bertz CT molecular complexity index is 397. The maximum Gasteiger partial charge on any atom is 0.251 e. The molecule has 0 heterocycles. The first-order valence-electron chi connectivity index (χ1n) is 5.96. The van der Waals surface area contributed by atoms with E-state index in [1.54, 1.807) is 0 Å². The Hall–Kier alpha value is -0.100. The molecule has 0 aliphatic heterocycles. The molecule has 0 spiro atoms. The van der Waals surface area contributed by atoms with E-state index in [0.717, 1.165) is 9.99 Å². The first-order chi connectivity index (χ1) is 8.28. The fourth-order valence-corrected chi connectivity index (χ4v) is 3.14. The predicted molar refractivity (Wildman–Crippen MR) is 88.3 cm³/mol. The second kappa shape index (κ2) is 6.89. The Morgan fingerprint density at radius 3 is 2.39 bits per heavy atom. The van der Waals surface area contributed by atoms with Gasteiger partial charge in [0.15, 0.2) is 0 Å². The molecular weight excluding hydrogens is 405 g/mol. The number of carbonyl (C=O) groups is 1. The van der Waals surface area contributed by atoms with Crippen LogP contribution in [0.1, 0.15) is 37.6 Å². The number of alkyl halides is 1. The van der Waals surface area contributed by atoms with Gasteiger partial charge in [-0.15, -0.1) is 0 Å². The quantitative estimate of drug-likeness (QED) is 0.570. The lowest BCUT2D eigenvalue weighted by Crippen LogP contribution is -2.31. The molecule has 1 atom stereocenters. The Morgan fingerprint density at radius 1 is 1.33 bits per heavy atom. The van der Waals surface area contributed by atoms with E-state index in [0.29, 0.717) is 16.9 Å². The second-order valence-corrected chi connectivity index (χ2v) is 8.12. The summed E-state index contributed by atoms with van der Waals surface area (Å²) in [5.74, 6) is -0.00948. The van der Waals surface area contributed by atoms with Crippen molar-refractivity contribution in [3.05, 3.63) is 33.4 Å². The van der Waals surface area contributed by atoms with Crippen molar-refractivity contribution in [1.82, 2.24) is 5.32 Å². The van der Waals surface area contributed by atoms with Crippen molar-refractivity contribution in [2.75, 3.05) is 6.54 Å². The molecule has 0 radical (unpaired) electrons. The minimum atomic E-state index is -0.00948. The molecule has 18 heavy (non-hydrogen) atoms. The highest BCUT2D eigenvalue weighted by Crippen LogP contribution is 2.24. The van der Waals surface area contributed by atoms with E-state index in [4.69, 9.17) is 0 Å². The average Bonchev–Trinajstić information content (AvgIpc) is 2.24. The first-order valence-corrected chi connectivity index (χ1v) is 7.95. The second-order valence-electron chi connectivity index (χ2n) is 5.58. The van der Waals surface area contributed by atoms with E-state index >= 15 is 0 Å². The molecule has 0 aromatic heterocycles. The van der Waals surface area contributed by atoms with Gasteiger partial charge in [-0.05, 0) is 58.7 Å². The lowest BCUT2D eigenvalue weighted by molar-refractivity contribution is 0.0952. The topological polar surface area (TPSA) is 29.1 Å². The number of hydrogen-bond donors (Lipinski definition) is 1. The number of carbonyl (C=O) groups excluding carboxylic acids is 1. The zero-order chi connectivity index (χ0) is 13.8. The number of hydrogen-bond acceptors (Lipinski definition) is 1. The molecule has 1 aromatic carbocycles. The Morgan fingerprint density at radius 2 is 1.89 bits per heavy atom. The summed E-state index contributed by atoms with van der Waals surface area (Å²) >= 11 is 5.84. The van der Waals surface area contributed by atoms with Crippen LogP contribution in [0.25, 0.3) is 0 Å². The molecule has 0 saturated carbocycles. The van der Waals surface area contributed by atoms with Crippen LogP contribution in [0.2, 0.25) is 0 Å². The van der Waals surface area contributed by atoms with Crippen molar-refractivity contribution in [2.45, 2.75) is 32.0 Å². The van der Waals surface area contributed by atoms with Gasteiger partial charge >= 0.3 is 0 Å². The highest BCUT2D eigenvalue weighted by Gasteiger charge is 2.17. The lowest BCUT2D eigenvalue weighted by Gasteiger charge is -2.22. The fourth-order valence-electron chi connectivity index (χ4n) is 1.64. The van der Waals surface area contributed by atoms with Crippen LogP contribution >= 0.6 is 38.5 Å². The molecule has 0 fully saturated rings. The van der Waals surface area contributed by atoms with Gasteiger partial charge in [0.1, 0.15) is 0 Å². The molecule has 0 aliphatic carbocycles. The van der Waals surface area contributed by atoms with Gasteiger partial charge in [0.05, 0.1) is 0 Å². The van der Waals surface area contributed by atoms with Gasteiger partial charge < -0.3 is 5.32 Å². The number of nitrogens with one attached hydrogen (secondary N) is 1. The van der Waals surface area contributed by atoms with E-state index in [2.05, 4.69) is 64.6 Å². The maximum atomic E-state index is 11.9. The third kappa shape index (κ3) is 6.18. The van der Waals surface area contributed by atoms with Gasteiger partial charge in [0.2, 0.25) is 0 Å². The standard InChI is InChI=1S/C14H19BrINO/c1-14(2,3)8-11(15)9-17-13(18)10-4-6-12(16)7-5-10/h4-7,11H,8-9H2,1-3H3,(H,17,18). The molecule has 0 bridgehead atoms. The lowest BCUT2D eigenvalue weighted by atomic mass is 9.90. The smallest absolute Gasteiger partial charge is 0.251 e. The van der Waals surface area contributed by atoms with E-state index in [1.807, 2.05) is 24.3 Å². The Labute approximate surface area is 131 Å². The average molecular weight is 424 g/mol. The number of benzene rings is 1. The summed E-state index contributed by atoms with van der Waals surface area (Å²) < 4.78 is 1.13. The summed E-state index contributed by atoms with van der Waals surface area (Å²) in [5.41, 5.74) is 0.979. The summed E-state index contributed by atoms with van der Waals surface area (Å²) in [7, 11) is 0. The summed E-state index contributed by atoms with van der Waals surface area (Å²) in [5, 5.41) is 2.95. The number of halogens is 2. The van der Waals surface area contributed by atoms with Crippen molar-refractivity contribution in [3.8, 4) is 0 Å². The predicted octanol–water partition coefficient (Wildman–Crippen LogP) is 4.22. The highest BCUT2D eigenvalue weighted by molar-refractivity contribution is 14.1. The third-order valence-electron chi connectivity index (χ3n) is 2.42. The summed E-state index contributed by atoms with van der Waals surface area (Å²) in [6.45, 7) is 7.24. The first kappa shape index (κ1) is 16.0. The maximum absolute atomic E-state index is 11.9. The van der Waals surface area contributed by atoms with Gasteiger partial charge in [0, 0.05) is 20.5 Å². The molecule has 1 N–H and O–H groups in total. The van der Waals surface area contributed by atoms with E-state index in [-0.39, 0.29) is 11.3 Å². The summed E-state index contributed by atoms with van der Waals surface area (Å²) in [6, 6.07) is 7.58. The zero-order valence-corrected chi connectivity index (χ0v) is 14.7. The van der Waals surface area contributed by atoms with Crippen LogP contribution < -0.4 is 5.32 Å². The number of rotatable bonds is 4. The van der Waals surface area contributed by atoms with Crippen LogP contribution in [-0.4, -0.2) is 17.3 Å². The van der Waals surface area contributed by atoms with Crippen molar-refractivity contribution in [1.29, 1.82) is 0 Å². The van der Waals surface area contributed by atoms with Gasteiger partial charge in [-0.2, -0.15) is 0 Å². The normalized spacial score (nSPS) is 13.2. The molecule has 100 valence electrons. The molecule has 4 heteroatoms. The summed E-state index contributed by atoms with van der Waals surface area (Å²) in [6.07, 6.45) is 1.03. The molecule has 1 unspecified atom stereocenters. The van der Waals surface area contributed by atoms with E-state index < -0.39 is 0 Å². The molecule has 2 nitrogen and oxygen atoms in total. The molecule has 0 saturated heterocycles. The zero-order valence-electron chi connectivity index (χ0n) is 11.0. The minimum Gasteiger partial charge on any atom is -0.351 e. The minimum absolute atomic E-state index is 0.00948. The third-order valence-corrected chi connectivity index (χ3v) is 3.79. The van der Waals surface area contributed by atoms with Crippen molar-refractivity contribution >= 4 is 44.4 Å². The Kier molecular flexibility index (Phi) is 6.11. The fraction of sp³-hybridized carbons (Fsp3) is 0.500. The van der Waals surface area contributed by atoms with Crippen molar-refractivity contribution in [3.63, 3.8) is 0 Å². The largest absolute Gasteiger partial charge is 0.351 e. The Balaban J connectivity index is 2.44. The monoisotopic (exact) mass is 423 g/mol. The number of amides is 1. The molecule has 1 rings (SSSR count). The van der Waals surface area contributed by atoms with Crippen LogP contribution in [-0.2, 0) is 0 Å². The van der Waals surface area contributed by atoms with Crippen molar-refractivity contribution in [2.24, 2.45) is 5.41 Å². The van der Waals surface area contributed by atoms with Crippen LogP contribution in [0.4, 0.5) is 0 Å². The van der Waals surface area contributed by atoms with Gasteiger partial charge in [-0.25, -0.2) is 0 Å². The van der Waals surface area contributed by atoms with Crippen LogP contribution in [0, 0.1) is 8.99 Å². The van der Waals surface area contributed by atoms with Crippen LogP contribution in [0.15, 0.2) is 24.3 Å². The molecular formula is C14H19BrINO. The summed E-state index contributed by atoms with van der Waals surface area (Å²) in [4.78, 5) is 12.2. The van der Waals surface area contributed by atoms with Gasteiger partial charge in [-0.1, -0.05) is 36.7 Å². The van der Waals surface area contributed by atoms with Gasteiger partial charge in [-0.3, -0.25) is 4.79 Å².